The van der Waals surface area contributed by atoms with Crippen LogP contribution in [0.4, 0.5) is 0 Å². The molecule has 20 heavy (non-hydrogen) atoms. The van der Waals surface area contributed by atoms with Crippen LogP contribution >= 0.6 is 0 Å². The number of carboxylic acids is 1. The first-order chi connectivity index (χ1) is 9.45. The average Bonchev–Trinajstić information content (AvgIpc) is 2.73. The molecule has 112 valence electrons. The van der Waals surface area contributed by atoms with E-state index >= 15 is 0 Å². The number of carboxylic acid groups (broad SMARTS) is 1. The zero-order valence-corrected chi connectivity index (χ0v) is 12.1. The molecule has 2 saturated heterocycles. The second kappa shape index (κ2) is 5.52. The number of nitrogens with zero attached hydrogens (tertiary/aromatic N) is 2. The highest BCUT2D eigenvalue weighted by atomic mass is 16.4. The van der Waals surface area contributed by atoms with Gasteiger partial charge in [-0.1, -0.05) is 6.92 Å². The Kier molecular flexibility index (Phi) is 4.13. The fourth-order valence-electron chi connectivity index (χ4n) is 3.33. The van der Waals surface area contributed by atoms with E-state index in [9.17, 15) is 19.5 Å². The Balaban J connectivity index is 2.16. The van der Waals surface area contributed by atoms with Crippen molar-refractivity contribution in [3.05, 3.63) is 0 Å². The molecule has 2 rings (SSSR count). The lowest BCUT2D eigenvalue weighted by molar-refractivity contribution is -0.155. The van der Waals surface area contributed by atoms with Crippen molar-refractivity contribution in [3.8, 4) is 0 Å². The van der Waals surface area contributed by atoms with Crippen LogP contribution in [-0.2, 0) is 14.4 Å². The van der Waals surface area contributed by atoms with Gasteiger partial charge in [-0.05, 0) is 32.7 Å². The number of amides is 2. The third-order valence-corrected chi connectivity index (χ3v) is 4.71. The van der Waals surface area contributed by atoms with Crippen molar-refractivity contribution in [2.24, 2.45) is 5.41 Å². The van der Waals surface area contributed by atoms with Crippen LogP contribution in [0.5, 0.6) is 0 Å². The zero-order chi connectivity index (χ0) is 14.9. The second-order valence-electron chi connectivity index (χ2n) is 5.71. The standard InChI is InChI=1S/C14H22N2O4/c1-3-14(13(19)20)6-5-7-15(9-14)10-8-11(17)16(4-2)12(10)18/h10H,3-9H2,1-2H3,(H,19,20). The molecule has 0 saturated carbocycles. The molecule has 1 N–H and O–H groups in total. The Morgan fingerprint density at radius 3 is 2.60 bits per heavy atom. The summed E-state index contributed by atoms with van der Waals surface area (Å²) in [5.74, 6) is -1.12. The number of carbonyl (C=O) groups is 3. The minimum atomic E-state index is -0.797. The van der Waals surface area contributed by atoms with Gasteiger partial charge in [0, 0.05) is 13.1 Å². The number of aliphatic carboxylic acids is 1. The lowest BCUT2D eigenvalue weighted by atomic mass is 9.77. The van der Waals surface area contributed by atoms with Crippen LogP contribution in [0.2, 0.25) is 0 Å². The van der Waals surface area contributed by atoms with Gasteiger partial charge in [0.15, 0.2) is 0 Å². The predicted molar refractivity (Wildman–Crippen MR) is 72.0 cm³/mol. The first-order valence-electron chi connectivity index (χ1n) is 7.27. The van der Waals surface area contributed by atoms with Crippen LogP contribution in [0.3, 0.4) is 0 Å². The molecule has 2 aliphatic heterocycles. The van der Waals surface area contributed by atoms with Gasteiger partial charge in [-0.2, -0.15) is 0 Å². The molecule has 6 nitrogen and oxygen atoms in total. The topological polar surface area (TPSA) is 77.9 Å². The smallest absolute Gasteiger partial charge is 0.310 e. The van der Waals surface area contributed by atoms with Crippen molar-refractivity contribution in [1.82, 2.24) is 9.80 Å². The molecule has 0 aromatic rings. The number of likely N-dealkylation sites (tertiary alicyclic amines) is 2. The van der Waals surface area contributed by atoms with E-state index in [4.69, 9.17) is 0 Å². The number of carbonyl (C=O) groups excluding carboxylic acids is 2. The number of piperidine rings is 1. The maximum absolute atomic E-state index is 12.2. The van der Waals surface area contributed by atoms with Crippen molar-refractivity contribution < 1.29 is 19.5 Å². The van der Waals surface area contributed by atoms with Crippen molar-refractivity contribution in [3.63, 3.8) is 0 Å². The summed E-state index contributed by atoms with van der Waals surface area (Å²) in [6.07, 6.45) is 2.13. The van der Waals surface area contributed by atoms with Crippen molar-refractivity contribution in [2.75, 3.05) is 19.6 Å². The zero-order valence-electron chi connectivity index (χ0n) is 12.1. The molecule has 0 aliphatic carbocycles. The maximum atomic E-state index is 12.2. The molecule has 6 heteroatoms. The van der Waals surface area contributed by atoms with Gasteiger partial charge in [0.25, 0.3) is 0 Å². The van der Waals surface area contributed by atoms with Gasteiger partial charge in [-0.3, -0.25) is 24.2 Å². The van der Waals surface area contributed by atoms with Gasteiger partial charge in [0.05, 0.1) is 17.9 Å². The Labute approximate surface area is 118 Å². The Bertz CT molecular complexity index is 437. The number of likely N-dealkylation sites (N-methyl/N-ethyl adjacent to an activating group) is 1. The summed E-state index contributed by atoms with van der Waals surface area (Å²) in [5, 5.41) is 9.48. The van der Waals surface area contributed by atoms with Gasteiger partial charge >= 0.3 is 5.97 Å². The molecule has 0 spiro atoms. The molecule has 0 aromatic heterocycles. The summed E-state index contributed by atoms with van der Waals surface area (Å²) in [6.45, 7) is 5.09. The van der Waals surface area contributed by atoms with Crippen molar-refractivity contribution in [2.45, 2.75) is 45.6 Å². The third kappa shape index (κ3) is 2.32. The van der Waals surface area contributed by atoms with Crippen LogP contribution in [0.1, 0.15) is 39.5 Å². The first kappa shape index (κ1) is 15.0. The molecular weight excluding hydrogens is 260 g/mol. The van der Waals surface area contributed by atoms with E-state index in [-0.39, 0.29) is 18.2 Å². The van der Waals surface area contributed by atoms with E-state index in [0.717, 1.165) is 6.42 Å². The second-order valence-corrected chi connectivity index (χ2v) is 5.71. The summed E-state index contributed by atoms with van der Waals surface area (Å²) in [6, 6.07) is -0.465. The minimum Gasteiger partial charge on any atom is -0.481 e. The van der Waals surface area contributed by atoms with Crippen LogP contribution in [0, 0.1) is 5.41 Å². The fourth-order valence-corrected chi connectivity index (χ4v) is 3.33. The normalized spacial score (nSPS) is 31.9. The minimum absolute atomic E-state index is 0.148. The number of imide groups is 1. The number of rotatable bonds is 4. The van der Waals surface area contributed by atoms with E-state index in [2.05, 4.69) is 0 Å². The largest absolute Gasteiger partial charge is 0.481 e. The highest BCUT2D eigenvalue weighted by molar-refractivity contribution is 6.05. The van der Waals surface area contributed by atoms with Crippen LogP contribution in [0.15, 0.2) is 0 Å². The molecule has 0 radical (unpaired) electrons. The highest BCUT2D eigenvalue weighted by Crippen LogP contribution is 2.36. The number of hydrogen-bond donors (Lipinski definition) is 1. The van der Waals surface area contributed by atoms with E-state index in [1.165, 1.54) is 4.90 Å². The maximum Gasteiger partial charge on any atom is 0.310 e. The quantitative estimate of drug-likeness (QED) is 0.768. The summed E-state index contributed by atoms with van der Waals surface area (Å²) < 4.78 is 0. The predicted octanol–water partition coefficient (Wildman–Crippen LogP) is 0.711. The summed E-state index contributed by atoms with van der Waals surface area (Å²) in [7, 11) is 0. The first-order valence-corrected chi connectivity index (χ1v) is 7.27. The van der Waals surface area contributed by atoms with Crippen LogP contribution in [0.25, 0.3) is 0 Å². The van der Waals surface area contributed by atoms with Crippen molar-refractivity contribution >= 4 is 17.8 Å². The van der Waals surface area contributed by atoms with Gasteiger partial charge in [-0.25, -0.2) is 0 Å². The summed E-state index contributed by atoms with van der Waals surface area (Å²) in [5.41, 5.74) is -0.777. The molecule has 2 unspecified atom stereocenters. The monoisotopic (exact) mass is 282 g/mol. The van der Waals surface area contributed by atoms with E-state index in [1.54, 1.807) is 6.92 Å². The van der Waals surface area contributed by atoms with Gasteiger partial charge in [0.2, 0.25) is 11.8 Å². The lowest BCUT2D eigenvalue weighted by Gasteiger charge is -2.41. The third-order valence-electron chi connectivity index (χ3n) is 4.71. The van der Waals surface area contributed by atoms with Crippen LogP contribution in [-0.4, -0.2) is 58.4 Å². The molecule has 2 heterocycles. The Morgan fingerprint density at radius 2 is 2.10 bits per heavy atom. The van der Waals surface area contributed by atoms with Gasteiger partial charge in [-0.15, -0.1) is 0 Å². The molecular formula is C14H22N2O4. The van der Waals surface area contributed by atoms with E-state index in [0.29, 0.717) is 32.5 Å². The van der Waals surface area contributed by atoms with Gasteiger partial charge in [0.1, 0.15) is 0 Å². The fraction of sp³-hybridized carbons (Fsp3) is 0.786. The van der Waals surface area contributed by atoms with Crippen molar-refractivity contribution in [1.29, 1.82) is 0 Å². The summed E-state index contributed by atoms with van der Waals surface area (Å²) in [4.78, 5) is 38.7. The SMILES string of the molecule is CCN1C(=O)CC(N2CCCC(CC)(C(=O)O)C2)C1=O. The highest BCUT2D eigenvalue weighted by Gasteiger charge is 2.47. The lowest BCUT2D eigenvalue weighted by Crippen LogP contribution is -2.53. The molecule has 2 atom stereocenters. The summed E-state index contributed by atoms with van der Waals surface area (Å²) >= 11 is 0. The molecule has 0 bridgehead atoms. The Morgan fingerprint density at radius 1 is 1.40 bits per heavy atom. The van der Waals surface area contributed by atoms with E-state index in [1.807, 2.05) is 11.8 Å². The molecule has 2 amide bonds. The number of hydrogen-bond acceptors (Lipinski definition) is 4. The van der Waals surface area contributed by atoms with E-state index < -0.39 is 17.4 Å². The van der Waals surface area contributed by atoms with Crippen LogP contribution < -0.4 is 0 Å². The molecule has 2 aliphatic rings. The molecule has 2 fully saturated rings. The average molecular weight is 282 g/mol. The Hall–Kier alpha value is -1.43. The molecule has 0 aromatic carbocycles. The van der Waals surface area contributed by atoms with Gasteiger partial charge < -0.3 is 5.11 Å².